The zero-order valence-corrected chi connectivity index (χ0v) is 8.98. The molecule has 2 aromatic rings. The monoisotopic (exact) mass is 220 g/mol. The van der Waals surface area contributed by atoms with Crippen molar-refractivity contribution < 1.29 is 8.91 Å². The van der Waals surface area contributed by atoms with Crippen LogP contribution in [-0.4, -0.2) is 5.16 Å². The zero-order valence-electron chi connectivity index (χ0n) is 8.98. The highest BCUT2D eigenvalue weighted by molar-refractivity contribution is 5.20. The van der Waals surface area contributed by atoms with Gasteiger partial charge in [-0.2, -0.15) is 0 Å². The Kier molecular flexibility index (Phi) is 3.31. The molecule has 1 aromatic carbocycles. The summed E-state index contributed by atoms with van der Waals surface area (Å²) in [5.74, 6) is -0.192. The number of aromatic nitrogens is 1. The largest absolute Gasteiger partial charge is 0.364 e. The fraction of sp³-hybridized carbons (Fsp3) is 0.250. The molecular formula is C12H13FN2O. The van der Waals surface area contributed by atoms with Crippen molar-refractivity contribution in [1.82, 2.24) is 10.5 Å². The van der Waals surface area contributed by atoms with Crippen molar-refractivity contribution in [2.45, 2.75) is 19.5 Å². The van der Waals surface area contributed by atoms with E-state index in [1.165, 1.54) is 12.3 Å². The lowest BCUT2D eigenvalue weighted by molar-refractivity contribution is 0.405. The molecule has 16 heavy (non-hydrogen) atoms. The molecule has 0 bridgehead atoms. The molecule has 0 spiro atoms. The number of nitrogens with one attached hydrogen (secondary N) is 1. The lowest BCUT2D eigenvalue weighted by Crippen LogP contribution is -2.19. The van der Waals surface area contributed by atoms with Gasteiger partial charge in [0.15, 0.2) is 0 Å². The summed E-state index contributed by atoms with van der Waals surface area (Å²) in [7, 11) is 0. The fourth-order valence-corrected chi connectivity index (χ4v) is 1.52. The van der Waals surface area contributed by atoms with Crippen LogP contribution in [0.3, 0.4) is 0 Å². The number of halogens is 1. The molecule has 1 N–H and O–H groups in total. The van der Waals surface area contributed by atoms with E-state index in [9.17, 15) is 4.39 Å². The summed E-state index contributed by atoms with van der Waals surface area (Å²) >= 11 is 0. The highest BCUT2D eigenvalue weighted by Crippen LogP contribution is 2.16. The number of rotatable bonds is 4. The summed E-state index contributed by atoms with van der Waals surface area (Å²) in [6.45, 7) is 2.48. The quantitative estimate of drug-likeness (QED) is 0.860. The molecule has 0 fully saturated rings. The SMILES string of the molecule is CC(NCc1ccon1)c1ccccc1F. The van der Waals surface area contributed by atoms with Crippen molar-refractivity contribution in [2.24, 2.45) is 0 Å². The van der Waals surface area contributed by atoms with E-state index < -0.39 is 0 Å². The van der Waals surface area contributed by atoms with Crippen LogP contribution in [0, 0.1) is 5.82 Å². The van der Waals surface area contributed by atoms with Gasteiger partial charge in [0.25, 0.3) is 0 Å². The molecule has 1 unspecified atom stereocenters. The molecule has 0 radical (unpaired) electrons. The molecule has 0 aliphatic heterocycles. The normalized spacial score (nSPS) is 12.6. The van der Waals surface area contributed by atoms with Crippen molar-refractivity contribution in [3.05, 3.63) is 53.7 Å². The molecule has 2 rings (SSSR count). The minimum Gasteiger partial charge on any atom is -0.364 e. The van der Waals surface area contributed by atoms with E-state index in [1.807, 2.05) is 13.0 Å². The number of hydrogen-bond donors (Lipinski definition) is 1. The van der Waals surface area contributed by atoms with Gasteiger partial charge in [0.1, 0.15) is 12.1 Å². The standard InChI is InChI=1S/C12H13FN2O/c1-9(11-4-2-3-5-12(11)13)14-8-10-6-7-16-15-10/h2-7,9,14H,8H2,1H3. The van der Waals surface area contributed by atoms with Crippen molar-refractivity contribution in [3.8, 4) is 0 Å². The maximum Gasteiger partial charge on any atom is 0.127 e. The second-order valence-electron chi connectivity index (χ2n) is 3.61. The van der Waals surface area contributed by atoms with E-state index in [2.05, 4.69) is 10.5 Å². The van der Waals surface area contributed by atoms with Crippen molar-refractivity contribution in [3.63, 3.8) is 0 Å². The lowest BCUT2D eigenvalue weighted by atomic mass is 10.1. The van der Waals surface area contributed by atoms with Crippen molar-refractivity contribution >= 4 is 0 Å². The third-order valence-corrected chi connectivity index (χ3v) is 2.45. The zero-order chi connectivity index (χ0) is 11.4. The summed E-state index contributed by atoms with van der Waals surface area (Å²) < 4.78 is 18.1. The van der Waals surface area contributed by atoms with Crippen LogP contribution in [0.15, 0.2) is 41.1 Å². The molecular weight excluding hydrogens is 207 g/mol. The van der Waals surface area contributed by atoms with Gasteiger partial charge < -0.3 is 9.84 Å². The van der Waals surface area contributed by atoms with Gasteiger partial charge >= 0.3 is 0 Å². The Morgan fingerprint density at radius 2 is 2.19 bits per heavy atom. The summed E-state index contributed by atoms with van der Waals surface area (Å²) in [5.41, 5.74) is 1.47. The topological polar surface area (TPSA) is 38.1 Å². The Hall–Kier alpha value is -1.68. The van der Waals surface area contributed by atoms with Gasteiger partial charge in [0.2, 0.25) is 0 Å². The van der Waals surface area contributed by atoms with Crippen LogP contribution in [0.5, 0.6) is 0 Å². The minimum absolute atomic E-state index is 0.0575. The first-order valence-corrected chi connectivity index (χ1v) is 5.14. The Morgan fingerprint density at radius 1 is 1.38 bits per heavy atom. The Labute approximate surface area is 93.3 Å². The predicted molar refractivity (Wildman–Crippen MR) is 58.2 cm³/mol. The molecule has 0 saturated heterocycles. The Bertz CT molecular complexity index is 442. The van der Waals surface area contributed by atoms with Crippen LogP contribution < -0.4 is 5.32 Å². The van der Waals surface area contributed by atoms with Crippen LogP contribution in [0.2, 0.25) is 0 Å². The first-order valence-electron chi connectivity index (χ1n) is 5.14. The number of nitrogens with zero attached hydrogens (tertiary/aromatic N) is 1. The molecule has 4 heteroatoms. The van der Waals surface area contributed by atoms with Crippen molar-refractivity contribution in [1.29, 1.82) is 0 Å². The molecule has 84 valence electrons. The van der Waals surface area contributed by atoms with E-state index in [0.717, 1.165) is 5.69 Å². The molecule has 0 aliphatic carbocycles. The van der Waals surface area contributed by atoms with Gasteiger partial charge in [-0.15, -0.1) is 0 Å². The Morgan fingerprint density at radius 3 is 2.88 bits per heavy atom. The van der Waals surface area contributed by atoms with Gasteiger partial charge in [0, 0.05) is 24.2 Å². The van der Waals surface area contributed by atoms with Crippen LogP contribution in [0.4, 0.5) is 4.39 Å². The molecule has 0 saturated carbocycles. The van der Waals surface area contributed by atoms with E-state index in [0.29, 0.717) is 12.1 Å². The smallest absolute Gasteiger partial charge is 0.127 e. The predicted octanol–water partition coefficient (Wildman–Crippen LogP) is 2.66. The minimum atomic E-state index is -0.192. The van der Waals surface area contributed by atoms with E-state index in [1.54, 1.807) is 18.2 Å². The highest BCUT2D eigenvalue weighted by Gasteiger charge is 2.09. The summed E-state index contributed by atoms with van der Waals surface area (Å²) in [6.07, 6.45) is 1.52. The van der Waals surface area contributed by atoms with Gasteiger partial charge in [-0.1, -0.05) is 23.4 Å². The Balaban J connectivity index is 1.98. The summed E-state index contributed by atoms with van der Waals surface area (Å²) in [5, 5.41) is 6.95. The van der Waals surface area contributed by atoms with Crippen molar-refractivity contribution in [2.75, 3.05) is 0 Å². The molecule has 1 aromatic heterocycles. The maximum absolute atomic E-state index is 13.4. The molecule has 0 amide bonds. The second-order valence-corrected chi connectivity index (χ2v) is 3.61. The van der Waals surface area contributed by atoms with Gasteiger partial charge in [-0.25, -0.2) is 4.39 Å². The lowest BCUT2D eigenvalue weighted by Gasteiger charge is -2.13. The van der Waals surface area contributed by atoms with E-state index >= 15 is 0 Å². The fourth-order valence-electron chi connectivity index (χ4n) is 1.52. The molecule has 3 nitrogen and oxygen atoms in total. The van der Waals surface area contributed by atoms with Crippen LogP contribution in [-0.2, 0) is 6.54 Å². The molecule has 1 atom stereocenters. The summed E-state index contributed by atoms with van der Waals surface area (Å²) in [6, 6.07) is 8.47. The summed E-state index contributed by atoms with van der Waals surface area (Å²) in [4.78, 5) is 0. The maximum atomic E-state index is 13.4. The molecule has 1 heterocycles. The van der Waals surface area contributed by atoms with E-state index in [-0.39, 0.29) is 11.9 Å². The first-order chi connectivity index (χ1) is 7.77. The average Bonchev–Trinajstić information content (AvgIpc) is 2.79. The number of hydrogen-bond acceptors (Lipinski definition) is 3. The average molecular weight is 220 g/mol. The van der Waals surface area contributed by atoms with Crippen LogP contribution in [0.1, 0.15) is 24.2 Å². The van der Waals surface area contributed by atoms with Gasteiger partial charge in [0.05, 0.1) is 5.69 Å². The third kappa shape index (κ3) is 2.46. The molecule has 0 aliphatic rings. The first kappa shape index (κ1) is 10.8. The van der Waals surface area contributed by atoms with Crippen LogP contribution in [0.25, 0.3) is 0 Å². The third-order valence-electron chi connectivity index (χ3n) is 2.45. The van der Waals surface area contributed by atoms with Crippen LogP contribution >= 0.6 is 0 Å². The second kappa shape index (κ2) is 4.90. The number of benzene rings is 1. The van der Waals surface area contributed by atoms with Gasteiger partial charge in [-0.05, 0) is 13.0 Å². The van der Waals surface area contributed by atoms with Gasteiger partial charge in [-0.3, -0.25) is 0 Å². The highest BCUT2D eigenvalue weighted by atomic mass is 19.1. The van der Waals surface area contributed by atoms with E-state index in [4.69, 9.17) is 4.52 Å².